The molecule has 0 aliphatic carbocycles. The number of pyridine rings is 1. The zero-order valence-electron chi connectivity index (χ0n) is 18.3. The SMILES string of the molecule is O=c1ccc2ccc(F)c3c2n1CC3CN1CCC(NCc2cc3c(nn2)OCCO3)CC1. The van der Waals surface area contributed by atoms with Crippen LogP contribution in [0.1, 0.15) is 30.0 Å². The monoisotopic (exact) mass is 451 g/mol. The van der Waals surface area contributed by atoms with Gasteiger partial charge in [-0.1, -0.05) is 0 Å². The van der Waals surface area contributed by atoms with E-state index in [1.54, 1.807) is 22.8 Å². The summed E-state index contributed by atoms with van der Waals surface area (Å²) in [5.41, 5.74) is 2.24. The number of nitrogens with zero attached hydrogens (tertiary/aromatic N) is 4. The van der Waals surface area contributed by atoms with Crippen molar-refractivity contribution in [3.05, 3.63) is 57.8 Å². The molecule has 33 heavy (non-hydrogen) atoms. The Bertz CT molecular complexity index is 1250. The lowest BCUT2D eigenvalue weighted by molar-refractivity contribution is 0.161. The largest absolute Gasteiger partial charge is 0.484 e. The van der Waals surface area contributed by atoms with Crippen molar-refractivity contribution in [2.75, 3.05) is 32.8 Å². The van der Waals surface area contributed by atoms with Crippen LogP contribution in [0.25, 0.3) is 10.9 Å². The van der Waals surface area contributed by atoms with Gasteiger partial charge < -0.3 is 24.3 Å². The van der Waals surface area contributed by atoms with Gasteiger partial charge in [-0.2, -0.15) is 5.10 Å². The Labute approximate surface area is 190 Å². The van der Waals surface area contributed by atoms with Gasteiger partial charge >= 0.3 is 0 Å². The van der Waals surface area contributed by atoms with Crippen LogP contribution in [0.3, 0.4) is 0 Å². The Hall–Kier alpha value is -3.04. The van der Waals surface area contributed by atoms with Crippen LogP contribution in [0.4, 0.5) is 4.39 Å². The van der Waals surface area contributed by atoms with Crippen LogP contribution < -0.4 is 20.3 Å². The van der Waals surface area contributed by atoms with Gasteiger partial charge in [0.25, 0.3) is 11.4 Å². The number of likely N-dealkylation sites (tertiary alicyclic amines) is 1. The molecule has 1 atom stereocenters. The first-order valence-electron chi connectivity index (χ1n) is 11.6. The van der Waals surface area contributed by atoms with Crippen molar-refractivity contribution in [3.8, 4) is 11.6 Å². The molecule has 1 unspecified atom stereocenters. The first-order chi connectivity index (χ1) is 16.2. The Kier molecular flexibility index (Phi) is 5.22. The number of benzene rings is 1. The molecule has 0 radical (unpaired) electrons. The summed E-state index contributed by atoms with van der Waals surface area (Å²) in [6, 6.07) is 8.94. The summed E-state index contributed by atoms with van der Waals surface area (Å²) in [5, 5.41) is 12.8. The molecule has 0 bridgehead atoms. The molecule has 9 heteroatoms. The van der Waals surface area contributed by atoms with Gasteiger partial charge in [-0.05, 0) is 49.5 Å². The molecule has 6 rings (SSSR count). The highest BCUT2D eigenvalue weighted by atomic mass is 19.1. The molecule has 1 N–H and O–H groups in total. The average Bonchev–Trinajstić information content (AvgIpc) is 3.23. The highest BCUT2D eigenvalue weighted by Crippen LogP contribution is 2.35. The van der Waals surface area contributed by atoms with E-state index in [1.165, 1.54) is 6.07 Å². The van der Waals surface area contributed by atoms with E-state index < -0.39 is 0 Å². The normalized spacial score (nSPS) is 20.5. The average molecular weight is 452 g/mol. The highest BCUT2D eigenvalue weighted by Gasteiger charge is 2.31. The fraction of sp³-hybridized carbons (Fsp3) is 0.458. The number of ether oxygens (including phenoxy) is 2. The smallest absolute Gasteiger partial charge is 0.276 e. The molecule has 1 aromatic carbocycles. The third-order valence-electron chi connectivity index (χ3n) is 6.94. The molecule has 3 aliphatic rings. The van der Waals surface area contributed by atoms with Crippen LogP contribution in [-0.4, -0.2) is 58.6 Å². The molecule has 3 aromatic rings. The second kappa shape index (κ2) is 8.39. The summed E-state index contributed by atoms with van der Waals surface area (Å²) in [5.74, 6) is 0.909. The molecule has 1 fully saturated rings. The van der Waals surface area contributed by atoms with Crippen LogP contribution in [0.15, 0.2) is 35.1 Å². The Morgan fingerprint density at radius 1 is 1.09 bits per heavy atom. The molecule has 0 spiro atoms. The number of piperidine rings is 1. The lowest BCUT2D eigenvalue weighted by Crippen LogP contribution is -2.43. The van der Waals surface area contributed by atoms with Crippen LogP contribution in [0.2, 0.25) is 0 Å². The van der Waals surface area contributed by atoms with Gasteiger partial charge in [0.15, 0.2) is 5.75 Å². The fourth-order valence-corrected chi connectivity index (χ4v) is 5.29. The van der Waals surface area contributed by atoms with Gasteiger partial charge in [-0.3, -0.25) is 4.79 Å². The van der Waals surface area contributed by atoms with Gasteiger partial charge in [0.2, 0.25) is 0 Å². The first-order valence-corrected chi connectivity index (χ1v) is 11.6. The van der Waals surface area contributed by atoms with E-state index in [4.69, 9.17) is 9.47 Å². The van der Waals surface area contributed by atoms with Gasteiger partial charge in [0.05, 0.1) is 11.2 Å². The van der Waals surface area contributed by atoms with E-state index in [-0.39, 0.29) is 17.3 Å². The van der Waals surface area contributed by atoms with Crippen molar-refractivity contribution in [1.29, 1.82) is 0 Å². The summed E-state index contributed by atoms with van der Waals surface area (Å²) in [7, 11) is 0. The molecule has 1 saturated heterocycles. The molecule has 0 amide bonds. The molecule has 0 saturated carbocycles. The quantitative estimate of drug-likeness (QED) is 0.636. The third kappa shape index (κ3) is 3.85. The Morgan fingerprint density at radius 2 is 1.91 bits per heavy atom. The summed E-state index contributed by atoms with van der Waals surface area (Å²) >= 11 is 0. The van der Waals surface area contributed by atoms with Gasteiger partial charge in [-0.15, -0.1) is 5.10 Å². The molecular formula is C24H26FN5O3. The highest BCUT2D eigenvalue weighted by molar-refractivity contribution is 5.84. The van der Waals surface area contributed by atoms with Crippen LogP contribution in [-0.2, 0) is 13.1 Å². The van der Waals surface area contributed by atoms with E-state index in [0.717, 1.165) is 49.1 Å². The van der Waals surface area contributed by atoms with E-state index in [0.29, 0.717) is 49.5 Å². The number of fused-ring (bicyclic) bond motifs is 1. The van der Waals surface area contributed by atoms with E-state index >= 15 is 0 Å². The maximum absolute atomic E-state index is 14.7. The number of rotatable bonds is 5. The molecule has 5 heterocycles. The standard InChI is InChI=1S/C24H26FN5O3/c25-19-3-1-15-2-4-21(31)30-14-16(22(19)23(15)30)13-29-7-5-17(6-8-29)26-12-18-11-20-24(28-27-18)33-10-9-32-20/h1-4,11,16-17,26H,5-10,12-14H2. The molecular weight excluding hydrogens is 425 g/mol. The van der Waals surface area contributed by atoms with Crippen molar-refractivity contribution >= 4 is 10.9 Å². The second-order valence-corrected chi connectivity index (χ2v) is 9.04. The van der Waals surface area contributed by atoms with Crippen LogP contribution in [0, 0.1) is 5.82 Å². The summed E-state index contributed by atoms with van der Waals surface area (Å²) in [6.45, 7) is 4.84. The third-order valence-corrected chi connectivity index (χ3v) is 6.94. The van der Waals surface area contributed by atoms with Gasteiger partial charge in [0, 0.05) is 49.3 Å². The predicted octanol–water partition coefficient (Wildman–Crippen LogP) is 2.05. The predicted molar refractivity (Wildman–Crippen MR) is 120 cm³/mol. The topological polar surface area (TPSA) is 81.5 Å². The van der Waals surface area contributed by atoms with Crippen molar-refractivity contribution < 1.29 is 13.9 Å². The zero-order valence-corrected chi connectivity index (χ0v) is 18.3. The lowest BCUT2D eigenvalue weighted by Gasteiger charge is -2.34. The Balaban J connectivity index is 1.06. The number of aromatic nitrogens is 3. The minimum Gasteiger partial charge on any atom is -0.484 e. The summed E-state index contributed by atoms with van der Waals surface area (Å²) in [6.07, 6.45) is 2.01. The molecule has 3 aliphatic heterocycles. The van der Waals surface area contributed by atoms with Crippen LogP contribution >= 0.6 is 0 Å². The molecule has 2 aromatic heterocycles. The molecule has 8 nitrogen and oxygen atoms in total. The van der Waals surface area contributed by atoms with Crippen molar-refractivity contribution in [1.82, 2.24) is 25.0 Å². The van der Waals surface area contributed by atoms with Crippen molar-refractivity contribution in [2.24, 2.45) is 0 Å². The summed E-state index contributed by atoms with van der Waals surface area (Å²) in [4.78, 5) is 14.7. The Morgan fingerprint density at radius 3 is 2.79 bits per heavy atom. The fourth-order valence-electron chi connectivity index (χ4n) is 5.29. The van der Waals surface area contributed by atoms with E-state index in [9.17, 15) is 9.18 Å². The van der Waals surface area contributed by atoms with E-state index in [1.807, 2.05) is 6.07 Å². The first kappa shape index (κ1) is 20.6. The second-order valence-electron chi connectivity index (χ2n) is 9.04. The number of halogens is 1. The molecule has 172 valence electrons. The zero-order chi connectivity index (χ0) is 22.4. The lowest BCUT2D eigenvalue weighted by atomic mass is 9.97. The van der Waals surface area contributed by atoms with Crippen molar-refractivity contribution in [3.63, 3.8) is 0 Å². The summed E-state index contributed by atoms with van der Waals surface area (Å²) < 4.78 is 27.5. The maximum Gasteiger partial charge on any atom is 0.276 e. The minimum atomic E-state index is -0.207. The van der Waals surface area contributed by atoms with Gasteiger partial charge in [-0.25, -0.2) is 4.39 Å². The van der Waals surface area contributed by atoms with Crippen LogP contribution in [0.5, 0.6) is 11.6 Å². The van der Waals surface area contributed by atoms with Crippen molar-refractivity contribution in [2.45, 2.75) is 37.9 Å². The minimum absolute atomic E-state index is 0.00120. The number of nitrogens with one attached hydrogen (secondary N) is 1. The number of hydrogen-bond acceptors (Lipinski definition) is 7. The maximum atomic E-state index is 14.7. The number of hydrogen-bond donors (Lipinski definition) is 1. The van der Waals surface area contributed by atoms with E-state index in [2.05, 4.69) is 20.4 Å². The van der Waals surface area contributed by atoms with Gasteiger partial charge in [0.1, 0.15) is 19.0 Å².